The van der Waals surface area contributed by atoms with Crippen molar-refractivity contribution in [3.05, 3.63) is 102 Å². The van der Waals surface area contributed by atoms with Gasteiger partial charge in [0, 0.05) is 6.54 Å². The summed E-state index contributed by atoms with van der Waals surface area (Å²) in [5, 5.41) is 13.9. The number of thioether (sulfide) groups is 1. The summed E-state index contributed by atoms with van der Waals surface area (Å²) in [6.45, 7) is 0.479. The van der Waals surface area contributed by atoms with Crippen LogP contribution in [-0.2, 0) is 11.2 Å². The number of nitrogens with one attached hydrogen (secondary N) is 2. The first-order valence-corrected chi connectivity index (χ1v) is 11.6. The monoisotopic (exact) mass is 475 g/mol. The Hall–Kier alpha value is -3.98. The van der Waals surface area contributed by atoms with Crippen molar-refractivity contribution in [2.24, 2.45) is 0 Å². The summed E-state index contributed by atoms with van der Waals surface area (Å²) in [5.41, 5.74) is 2.22. The topological polar surface area (TPSA) is 88.9 Å². The molecule has 0 fully saturated rings. The molecule has 7 nitrogen and oxygen atoms in total. The van der Waals surface area contributed by atoms with Gasteiger partial charge in [-0.2, -0.15) is 0 Å². The number of hydrogen-bond acceptors (Lipinski definition) is 5. The number of nitrogens with zero attached hydrogens (tertiary/aromatic N) is 3. The first kappa shape index (κ1) is 23.2. The van der Waals surface area contributed by atoms with E-state index >= 15 is 0 Å². The van der Waals surface area contributed by atoms with Crippen molar-refractivity contribution in [1.29, 1.82) is 0 Å². The van der Waals surface area contributed by atoms with Gasteiger partial charge in [-0.05, 0) is 36.2 Å². The van der Waals surface area contributed by atoms with Gasteiger partial charge in [-0.15, -0.1) is 10.2 Å². The Kier molecular flexibility index (Phi) is 7.67. The molecule has 0 saturated heterocycles. The van der Waals surface area contributed by atoms with E-state index in [4.69, 9.17) is 0 Å². The van der Waals surface area contributed by atoms with Crippen molar-refractivity contribution in [1.82, 2.24) is 20.1 Å². The number of benzene rings is 3. The van der Waals surface area contributed by atoms with Gasteiger partial charge in [0.05, 0.1) is 22.7 Å². The lowest BCUT2D eigenvalue weighted by atomic mass is 10.1. The fourth-order valence-corrected chi connectivity index (χ4v) is 4.02. The fourth-order valence-electron chi connectivity index (χ4n) is 3.30. The molecular formula is C25H22FN5O2S. The summed E-state index contributed by atoms with van der Waals surface area (Å²) < 4.78 is 15.6. The minimum atomic E-state index is -0.416. The Bertz CT molecular complexity index is 1280. The normalized spacial score (nSPS) is 10.6. The van der Waals surface area contributed by atoms with Crippen LogP contribution in [0.1, 0.15) is 15.9 Å². The molecule has 4 aromatic rings. The van der Waals surface area contributed by atoms with E-state index in [1.807, 2.05) is 30.3 Å². The van der Waals surface area contributed by atoms with Crippen molar-refractivity contribution in [2.75, 3.05) is 17.6 Å². The van der Waals surface area contributed by atoms with Crippen molar-refractivity contribution in [3.63, 3.8) is 0 Å². The van der Waals surface area contributed by atoms with Crippen LogP contribution < -0.4 is 10.6 Å². The Labute approximate surface area is 200 Å². The molecule has 0 atom stereocenters. The standard InChI is InChI=1S/C25H22FN5O2S/c26-20-11-5-7-13-22(20)31-17-28-30-25(31)34-16-23(32)29-21-12-6-4-10-19(21)24(33)27-15-14-18-8-2-1-3-9-18/h1-13,17H,14-16H2,(H,27,33)(H,29,32). The van der Waals surface area contributed by atoms with Gasteiger partial charge in [-0.25, -0.2) is 4.39 Å². The molecule has 0 bridgehead atoms. The van der Waals surface area contributed by atoms with Crippen LogP contribution in [0.25, 0.3) is 5.69 Å². The highest BCUT2D eigenvalue weighted by atomic mass is 32.2. The van der Waals surface area contributed by atoms with Gasteiger partial charge in [0.15, 0.2) is 5.16 Å². The van der Waals surface area contributed by atoms with E-state index in [9.17, 15) is 14.0 Å². The SMILES string of the molecule is O=C(CSc1nncn1-c1ccccc1F)Nc1ccccc1C(=O)NCCc1ccccc1. The van der Waals surface area contributed by atoms with Crippen molar-refractivity contribution >= 4 is 29.3 Å². The van der Waals surface area contributed by atoms with Gasteiger partial charge in [-0.3, -0.25) is 14.2 Å². The zero-order chi connectivity index (χ0) is 23.8. The van der Waals surface area contributed by atoms with Crippen LogP contribution in [0.4, 0.5) is 10.1 Å². The Morgan fingerprint density at radius 2 is 1.68 bits per heavy atom. The molecule has 0 aliphatic rings. The van der Waals surface area contributed by atoms with Crippen molar-refractivity contribution in [2.45, 2.75) is 11.6 Å². The molecule has 1 aromatic heterocycles. The van der Waals surface area contributed by atoms with E-state index in [1.54, 1.807) is 42.5 Å². The highest BCUT2D eigenvalue weighted by molar-refractivity contribution is 7.99. The van der Waals surface area contributed by atoms with E-state index in [0.717, 1.165) is 17.3 Å². The van der Waals surface area contributed by atoms with E-state index < -0.39 is 5.82 Å². The number of halogens is 1. The maximum atomic E-state index is 14.1. The molecule has 0 aliphatic heterocycles. The minimum absolute atomic E-state index is 0.0110. The van der Waals surface area contributed by atoms with E-state index in [-0.39, 0.29) is 17.6 Å². The molecule has 1 heterocycles. The second-order valence-corrected chi connectivity index (χ2v) is 8.25. The molecule has 4 rings (SSSR count). The zero-order valence-corrected chi connectivity index (χ0v) is 19.0. The maximum Gasteiger partial charge on any atom is 0.253 e. The maximum absolute atomic E-state index is 14.1. The lowest BCUT2D eigenvalue weighted by molar-refractivity contribution is -0.113. The Morgan fingerprint density at radius 3 is 2.50 bits per heavy atom. The van der Waals surface area contributed by atoms with Crippen LogP contribution in [0.5, 0.6) is 0 Å². The van der Waals surface area contributed by atoms with Crippen molar-refractivity contribution in [3.8, 4) is 5.69 Å². The largest absolute Gasteiger partial charge is 0.352 e. The third-order valence-corrected chi connectivity index (χ3v) is 5.89. The summed E-state index contributed by atoms with van der Waals surface area (Å²) >= 11 is 1.12. The third kappa shape index (κ3) is 5.87. The number of hydrogen-bond donors (Lipinski definition) is 2. The average molecular weight is 476 g/mol. The third-order valence-electron chi connectivity index (χ3n) is 4.95. The summed E-state index contributed by atoms with van der Waals surface area (Å²) in [6, 6.07) is 23.0. The van der Waals surface area contributed by atoms with Crippen molar-refractivity contribution < 1.29 is 14.0 Å². The molecule has 0 radical (unpaired) electrons. The van der Waals surface area contributed by atoms with Gasteiger partial charge < -0.3 is 10.6 Å². The number of anilines is 1. The van der Waals surface area contributed by atoms with Crippen LogP contribution in [-0.4, -0.2) is 38.9 Å². The fraction of sp³-hybridized carbons (Fsp3) is 0.120. The van der Waals surface area contributed by atoms with Gasteiger partial charge in [0.2, 0.25) is 5.91 Å². The predicted octanol–water partition coefficient (Wildman–Crippen LogP) is 4.11. The van der Waals surface area contributed by atoms with E-state index in [1.165, 1.54) is 17.0 Å². The highest BCUT2D eigenvalue weighted by Crippen LogP contribution is 2.22. The highest BCUT2D eigenvalue weighted by Gasteiger charge is 2.15. The Morgan fingerprint density at radius 1 is 0.941 bits per heavy atom. The summed E-state index contributed by atoms with van der Waals surface area (Å²) in [7, 11) is 0. The second kappa shape index (κ2) is 11.2. The van der Waals surface area contributed by atoms with Gasteiger partial charge in [0.1, 0.15) is 12.1 Å². The summed E-state index contributed by atoms with van der Waals surface area (Å²) in [6.07, 6.45) is 2.11. The molecule has 34 heavy (non-hydrogen) atoms. The molecule has 2 N–H and O–H groups in total. The molecular weight excluding hydrogens is 453 g/mol. The van der Waals surface area contributed by atoms with Crippen LogP contribution in [0.2, 0.25) is 0 Å². The van der Waals surface area contributed by atoms with Crippen LogP contribution in [0.15, 0.2) is 90.3 Å². The average Bonchev–Trinajstić information content (AvgIpc) is 3.32. The van der Waals surface area contributed by atoms with Gasteiger partial charge >= 0.3 is 0 Å². The van der Waals surface area contributed by atoms with Crippen LogP contribution >= 0.6 is 11.8 Å². The van der Waals surface area contributed by atoms with E-state index in [0.29, 0.717) is 35.1 Å². The predicted molar refractivity (Wildman–Crippen MR) is 130 cm³/mol. The number of para-hydroxylation sites is 2. The Balaban J connectivity index is 1.35. The molecule has 0 spiro atoms. The molecule has 0 saturated carbocycles. The quantitative estimate of drug-likeness (QED) is 0.356. The smallest absolute Gasteiger partial charge is 0.253 e. The van der Waals surface area contributed by atoms with Crippen LogP contribution in [0.3, 0.4) is 0 Å². The molecule has 9 heteroatoms. The number of carbonyl (C=O) groups is 2. The molecule has 3 aromatic carbocycles. The number of rotatable bonds is 9. The van der Waals surface area contributed by atoms with E-state index in [2.05, 4.69) is 20.8 Å². The first-order chi connectivity index (χ1) is 16.6. The minimum Gasteiger partial charge on any atom is -0.352 e. The molecule has 2 amide bonds. The summed E-state index contributed by atoms with van der Waals surface area (Å²) in [4.78, 5) is 25.3. The zero-order valence-electron chi connectivity index (χ0n) is 18.1. The molecule has 0 unspecified atom stereocenters. The first-order valence-electron chi connectivity index (χ1n) is 10.6. The lowest BCUT2D eigenvalue weighted by Crippen LogP contribution is -2.27. The van der Waals surface area contributed by atoms with Crippen LogP contribution in [0, 0.1) is 5.82 Å². The number of carbonyl (C=O) groups excluding carboxylic acids is 2. The van der Waals surface area contributed by atoms with Gasteiger partial charge in [-0.1, -0.05) is 66.4 Å². The lowest BCUT2D eigenvalue weighted by Gasteiger charge is -2.12. The van der Waals surface area contributed by atoms with Gasteiger partial charge in [0.25, 0.3) is 5.91 Å². The second-order valence-electron chi connectivity index (χ2n) is 7.31. The number of aromatic nitrogens is 3. The summed E-state index contributed by atoms with van der Waals surface area (Å²) in [5.74, 6) is -0.992. The molecule has 172 valence electrons. The molecule has 0 aliphatic carbocycles. The number of amides is 2.